The van der Waals surface area contributed by atoms with Crippen LogP contribution in [0, 0.1) is 0 Å². The number of oxime groups is 1. The van der Waals surface area contributed by atoms with Gasteiger partial charge >= 0.3 is 5.97 Å². The molecular formula is C27H24N2O5. The molecule has 0 saturated carbocycles. The molecule has 0 amide bonds. The predicted molar refractivity (Wildman–Crippen MR) is 127 cm³/mol. The zero-order valence-electron chi connectivity index (χ0n) is 18.5. The van der Waals surface area contributed by atoms with Crippen molar-refractivity contribution in [3.63, 3.8) is 0 Å². The van der Waals surface area contributed by atoms with Gasteiger partial charge in [0.15, 0.2) is 5.76 Å². The van der Waals surface area contributed by atoms with Crippen molar-refractivity contribution >= 4 is 11.7 Å². The monoisotopic (exact) mass is 456 g/mol. The van der Waals surface area contributed by atoms with Crippen LogP contribution in [0.3, 0.4) is 0 Å². The highest BCUT2D eigenvalue weighted by Crippen LogP contribution is 2.21. The predicted octanol–water partition coefficient (Wildman–Crippen LogP) is 5.71. The molecule has 0 saturated heterocycles. The Kier molecular flexibility index (Phi) is 7.69. The van der Waals surface area contributed by atoms with E-state index in [1.165, 1.54) is 0 Å². The topological polar surface area (TPSA) is 94.2 Å². The average Bonchev–Trinajstić information content (AvgIpc) is 3.36. The highest BCUT2D eigenvalue weighted by atomic mass is 16.6. The summed E-state index contributed by atoms with van der Waals surface area (Å²) in [6.07, 6.45) is 0.279. The van der Waals surface area contributed by atoms with E-state index in [4.69, 9.17) is 19.2 Å². The van der Waals surface area contributed by atoms with E-state index in [9.17, 15) is 4.79 Å². The molecule has 0 atom stereocenters. The van der Waals surface area contributed by atoms with E-state index in [0.29, 0.717) is 35.9 Å². The highest BCUT2D eigenvalue weighted by molar-refractivity contribution is 6.01. The van der Waals surface area contributed by atoms with Gasteiger partial charge < -0.3 is 19.2 Å². The van der Waals surface area contributed by atoms with Crippen molar-refractivity contribution in [3.8, 4) is 17.1 Å². The van der Waals surface area contributed by atoms with E-state index in [2.05, 4.69) is 10.3 Å². The SMILES string of the molecule is O=C(O)CCC(=NOCc1ccc(OCc2cc(-c3ccccc3)on2)cc1)c1ccccc1. The first kappa shape index (κ1) is 22.8. The zero-order chi connectivity index (χ0) is 23.6. The fourth-order valence-corrected chi connectivity index (χ4v) is 3.24. The lowest BCUT2D eigenvalue weighted by Crippen LogP contribution is -2.06. The number of hydrogen-bond acceptors (Lipinski definition) is 6. The van der Waals surface area contributed by atoms with E-state index in [1.54, 1.807) is 0 Å². The van der Waals surface area contributed by atoms with Crippen LogP contribution in [0.25, 0.3) is 11.3 Å². The minimum absolute atomic E-state index is 0.0124. The number of carboxylic acid groups (broad SMARTS) is 1. The lowest BCUT2D eigenvalue weighted by molar-refractivity contribution is -0.136. The molecule has 4 aromatic rings. The van der Waals surface area contributed by atoms with Crippen LogP contribution in [0.5, 0.6) is 5.75 Å². The van der Waals surface area contributed by atoms with Gasteiger partial charge in [0, 0.05) is 18.1 Å². The van der Waals surface area contributed by atoms with Crippen LogP contribution in [0.2, 0.25) is 0 Å². The third kappa shape index (κ3) is 6.56. The molecule has 0 spiro atoms. The number of carbonyl (C=O) groups is 1. The van der Waals surface area contributed by atoms with Crippen molar-refractivity contribution in [1.82, 2.24) is 5.16 Å². The van der Waals surface area contributed by atoms with Crippen molar-refractivity contribution in [2.45, 2.75) is 26.1 Å². The number of benzene rings is 3. The summed E-state index contributed by atoms with van der Waals surface area (Å²) in [5, 5.41) is 17.2. The average molecular weight is 456 g/mol. The summed E-state index contributed by atoms with van der Waals surface area (Å²) in [5.74, 6) is 0.523. The molecule has 34 heavy (non-hydrogen) atoms. The molecule has 7 nitrogen and oxygen atoms in total. The van der Waals surface area contributed by atoms with E-state index in [-0.39, 0.29) is 13.0 Å². The van der Waals surface area contributed by atoms with Gasteiger partial charge in [-0.15, -0.1) is 0 Å². The quantitative estimate of drug-likeness (QED) is 0.230. The van der Waals surface area contributed by atoms with Gasteiger partial charge in [0.2, 0.25) is 0 Å². The Hall–Kier alpha value is -4.39. The first-order valence-electron chi connectivity index (χ1n) is 10.9. The number of hydrogen-bond donors (Lipinski definition) is 1. The molecule has 0 unspecified atom stereocenters. The summed E-state index contributed by atoms with van der Waals surface area (Å²) in [4.78, 5) is 16.5. The lowest BCUT2D eigenvalue weighted by Gasteiger charge is -2.07. The summed E-state index contributed by atoms with van der Waals surface area (Å²) in [5.41, 5.74) is 4.03. The number of aromatic nitrogens is 1. The normalized spacial score (nSPS) is 11.2. The molecule has 172 valence electrons. The van der Waals surface area contributed by atoms with Crippen molar-refractivity contribution in [2.75, 3.05) is 0 Å². The number of carboxylic acids is 1. The second kappa shape index (κ2) is 11.5. The van der Waals surface area contributed by atoms with Gasteiger partial charge in [-0.05, 0) is 23.3 Å². The smallest absolute Gasteiger partial charge is 0.303 e. The maximum absolute atomic E-state index is 11.0. The largest absolute Gasteiger partial charge is 0.487 e. The van der Waals surface area contributed by atoms with Gasteiger partial charge in [-0.1, -0.05) is 83.1 Å². The van der Waals surface area contributed by atoms with Crippen LogP contribution < -0.4 is 4.74 Å². The van der Waals surface area contributed by atoms with Gasteiger partial charge in [0.05, 0.1) is 12.1 Å². The number of ether oxygens (including phenoxy) is 1. The Morgan fingerprint density at radius 3 is 2.29 bits per heavy atom. The summed E-state index contributed by atoms with van der Waals surface area (Å²) < 4.78 is 11.2. The standard InChI is InChI=1S/C27H24N2O5/c30-27(31)16-15-25(21-7-3-1-4-8-21)29-33-18-20-11-13-24(14-12-20)32-19-23-17-26(34-28-23)22-9-5-2-6-10-22/h1-14,17H,15-16,18-19H2,(H,30,31). The second-order valence-electron chi connectivity index (χ2n) is 7.55. The third-order valence-electron chi connectivity index (χ3n) is 5.02. The summed E-state index contributed by atoms with van der Waals surface area (Å²) in [6.45, 7) is 0.549. The zero-order valence-corrected chi connectivity index (χ0v) is 18.5. The molecule has 4 rings (SSSR count). The molecule has 0 aliphatic carbocycles. The lowest BCUT2D eigenvalue weighted by atomic mass is 10.1. The van der Waals surface area contributed by atoms with Crippen LogP contribution in [0.4, 0.5) is 0 Å². The molecule has 1 N–H and O–H groups in total. The van der Waals surface area contributed by atoms with Crippen LogP contribution in [-0.4, -0.2) is 21.9 Å². The Labute approximate surface area is 197 Å². The number of aliphatic carboxylic acids is 1. The van der Waals surface area contributed by atoms with Gasteiger partial charge in [-0.25, -0.2) is 0 Å². The molecule has 0 fully saturated rings. The maximum Gasteiger partial charge on any atom is 0.303 e. The molecule has 0 aliphatic heterocycles. The van der Waals surface area contributed by atoms with E-state index >= 15 is 0 Å². The minimum atomic E-state index is -0.874. The second-order valence-corrected chi connectivity index (χ2v) is 7.55. The Morgan fingerprint density at radius 1 is 0.882 bits per heavy atom. The molecule has 0 radical (unpaired) electrons. The van der Waals surface area contributed by atoms with Crippen molar-refractivity contribution in [3.05, 3.63) is 108 Å². The molecule has 1 aromatic heterocycles. The highest BCUT2D eigenvalue weighted by Gasteiger charge is 2.09. The van der Waals surface area contributed by atoms with Gasteiger partial charge in [-0.2, -0.15) is 0 Å². The fraction of sp³-hybridized carbons (Fsp3) is 0.148. The van der Waals surface area contributed by atoms with Crippen molar-refractivity contribution < 1.29 is 24.0 Å². The molecular weight excluding hydrogens is 432 g/mol. The summed E-state index contributed by atoms with van der Waals surface area (Å²) in [7, 11) is 0. The number of rotatable bonds is 11. The van der Waals surface area contributed by atoms with Crippen molar-refractivity contribution in [2.24, 2.45) is 5.16 Å². The number of nitrogens with zero attached hydrogens (tertiary/aromatic N) is 2. The van der Waals surface area contributed by atoms with Gasteiger partial charge in [-0.3, -0.25) is 4.79 Å². The van der Waals surface area contributed by atoms with Gasteiger partial charge in [0.25, 0.3) is 0 Å². The molecule has 1 heterocycles. The van der Waals surface area contributed by atoms with E-state index in [1.807, 2.05) is 91.0 Å². The molecule has 7 heteroatoms. The minimum Gasteiger partial charge on any atom is -0.487 e. The van der Waals surface area contributed by atoms with Crippen molar-refractivity contribution in [1.29, 1.82) is 0 Å². The molecule has 3 aromatic carbocycles. The van der Waals surface area contributed by atoms with Crippen LogP contribution in [0.1, 0.15) is 29.7 Å². The Balaban J connectivity index is 1.30. The third-order valence-corrected chi connectivity index (χ3v) is 5.02. The fourth-order valence-electron chi connectivity index (χ4n) is 3.24. The van der Waals surface area contributed by atoms with Crippen LogP contribution in [-0.2, 0) is 22.8 Å². The maximum atomic E-state index is 11.0. The summed E-state index contributed by atoms with van der Waals surface area (Å²) >= 11 is 0. The van der Waals surface area contributed by atoms with Gasteiger partial charge in [0.1, 0.15) is 24.7 Å². The Morgan fingerprint density at radius 2 is 1.59 bits per heavy atom. The molecule has 0 aliphatic rings. The summed E-state index contributed by atoms with van der Waals surface area (Å²) in [6, 6.07) is 28.5. The van der Waals surface area contributed by atoms with Crippen LogP contribution >= 0.6 is 0 Å². The Bertz CT molecular complexity index is 1220. The first-order valence-corrected chi connectivity index (χ1v) is 10.9. The van der Waals surface area contributed by atoms with E-state index in [0.717, 1.165) is 16.7 Å². The molecule has 0 bridgehead atoms. The van der Waals surface area contributed by atoms with Crippen LogP contribution in [0.15, 0.2) is 101 Å². The first-order chi connectivity index (χ1) is 16.7. The van der Waals surface area contributed by atoms with E-state index < -0.39 is 5.97 Å².